The number of pyridine rings is 1. The number of aromatic nitrogens is 3. The second-order valence-electron chi connectivity index (χ2n) is 4.35. The van der Waals surface area contributed by atoms with E-state index in [0.717, 1.165) is 11.5 Å². The number of hydrogen-bond donors (Lipinski definition) is 0. The van der Waals surface area contributed by atoms with E-state index >= 15 is 0 Å². The second kappa shape index (κ2) is 3.93. The van der Waals surface area contributed by atoms with E-state index in [4.69, 9.17) is 5.26 Å². The SMILES string of the molecule is CC(C)C(C)c1nnc2ccc(C#N)cn12. The molecule has 0 spiro atoms. The molecule has 0 aliphatic heterocycles. The van der Waals surface area contributed by atoms with Gasteiger partial charge in [0.15, 0.2) is 5.65 Å². The van der Waals surface area contributed by atoms with Crippen molar-refractivity contribution in [3.8, 4) is 6.07 Å². The molecule has 4 heteroatoms. The highest BCUT2D eigenvalue weighted by Gasteiger charge is 2.16. The molecule has 0 aromatic carbocycles. The lowest BCUT2D eigenvalue weighted by Crippen LogP contribution is -2.07. The van der Waals surface area contributed by atoms with E-state index in [-0.39, 0.29) is 0 Å². The molecular weight excluding hydrogens is 200 g/mol. The van der Waals surface area contributed by atoms with Crippen molar-refractivity contribution in [2.45, 2.75) is 26.7 Å². The Bertz CT molecular complexity index is 548. The Hall–Kier alpha value is -1.89. The van der Waals surface area contributed by atoms with Gasteiger partial charge in [-0.15, -0.1) is 10.2 Å². The van der Waals surface area contributed by atoms with Gasteiger partial charge in [-0.3, -0.25) is 4.40 Å². The van der Waals surface area contributed by atoms with Crippen LogP contribution in [0.1, 0.15) is 38.1 Å². The third-order valence-electron chi connectivity index (χ3n) is 2.97. The first kappa shape index (κ1) is 10.6. The van der Waals surface area contributed by atoms with Crippen molar-refractivity contribution in [1.82, 2.24) is 14.6 Å². The van der Waals surface area contributed by atoms with Gasteiger partial charge in [-0.05, 0) is 18.1 Å². The van der Waals surface area contributed by atoms with Crippen LogP contribution >= 0.6 is 0 Å². The average Bonchev–Trinajstić information content (AvgIpc) is 2.70. The molecule has 0 aliphatic carbocycles. The van der Waals surface area contributed by atoms with Crippen LogP contribution in [0.2, 0.25) is 0 Å². The highest BCUT2D eigenvalue weighted by atomic mass is 15.2. The average molecular weight is 214 g/mol. The third-order valence-corrected chi connectivity index (χ3v) is 2.97. The summed E-state index contributed by atoms with van der Waals surface area (Å²) < 4.78 is 1.91. The summed E-state index contributed by atoms with van der Waals surface area (Å²) in [5.74, 6) is 1.74. The Balaban J connectivity index is 2.59. The number of hydrogen-bond acceptors (Lipinski definition) is 3. The maximum absolute atomic E-state index is 8.87. The lowest BCUT2D eigenvalue weighted by Gasteiger charge is -2.13. The first-order valence-corrected chi connectivity index (χ1v) is 5.38. The molecule has 16 heavy (non-hydrogen) atoms. The summed E-state index contributed by atoms with van der Waals surface area (Å²) in [6.07, 6.45) is 1.80. The Morgan fingerprint density at radius 3 is 2.62 bits per heavy atom. The molecule has 2 rings (SSSR count). The van der Waals surface area contributed by atoms with Gasteiger partial charge in [-0.25, -0.2) is 0 Å². The maximum Gasteiger partial charge on any atom is 0.160 e. The topological polar surface area (TPSA) is 54.0 Å². The zero-order chi connectivity index (χ0) is 11.7. The van der Waals surface area contributed by atoms with Crippen LogP contribution in [0.5, 0.6) is 0 Å². The molecule has 1 atom stereocenters. The Labute approximate surface area is 94.5 Å². The number of fused-ring (bicyclic) bond motifs is 1. The van der Waals surface area contributed by atoms with E-state index in [0.29, 0.717) is 17.4 Å². The fraction of sp³-hybridized carbons (Fsp3) is 0.417. The van der Waals surface area contributed by atoms with Crippen molar-refractivity contribution >= 4 is 5.65 Å². The van der Waals surface area contributed by atoms with Crippen LogP contribution in [0.25, 0.3) is 5.65 Å². The molecule has 0 N–H and O–H groups in total. The van der Waals surface area contributed by atoms with Crippen molar-refractivity contribution in [2.24, 2.45) is 5.92 Å². The standard InChI is InChI=1S/C12H14N4/c1-8(2)9(3)12-15-14-11-5-4-10(6-13)7-16(11)12/h4-5,7-9H,1-3H3. The first-order valence-electron chi connectivity index (χ1n) is 5.38. The minimum Gasteiger partial charge on any atom is -0.285 e. The van der Waals surface area contributed by atoms with Gasteiger partial charge in [-0.1, -0.05) is 20.8 Å². The normalized spacial score (nSPS) is 12.9. The quantitative estimate of drug-likeness (QED) is 0.771. The largest absolute Gasteiger partial charge is 0.285 e. The molecule has 1 unspecified atom stereocenters. The van der Waals surface area contributed by atoms with E-state index in [1.807, 2.05) is 10.5 Å². The fourth-order valence-electron chi connectivity index (χ4n) is 1.58. The summed E-state index contributed by atoms with van der Waals surface area (Å²) in [5, 5.41) is 17.2. The Morgan fingerprint density at radius 2 is 2.00 bits per heavy atom. The zero-order valence-electron chi connectivity index (χ0n) is 9.68. The minimum absolute atomic E-state index is 0.323. The number of nitrogens with zero attached hydrogens (tertiary/aromatic N) is 4. The summed E-state index contributed by atoms with van der Waals surface area (Å²) in [7, 11) is 0. The smallest absolute Gasteiger partial charge is 0.160 e. The molecule has 0 amide bonds. The van der Waals surface area contributed by atoms with Gasteiger partial charge in [0.2, 0.25) is 0 Å². The Morgan fingerprint density at radius 1 is 1.25 bits per heavy atom. The van der Waals surface area contributed by atoms with Crippen molar-refractivity contribution in [3.63, 3.8) is 0 Å². The summed E-state index contributed by atoms with van der Waals surface area (Å²) >= 11 is 0. The molecule has 82 valence electrons. The van der Waals surface area contributed by atoms with Crippen molar-refractivity contribution < 1.29 is 0 Å². The molecule has 2 aromatic heterocycles. The van der Waals surface area contributed by atoms with Gasteiger partial charge >= 0.3 is 0 Å². The molecule has 2 heterocycles. The maximum atomic E-state index is 8.87. The van der Waals surface area contributed by atoms with Crippen LogP contribution in [-0.2, 0) is 0 Å². The lowest BCUT2D eigenvalue weighted by molar-refractivity contribution is 0.506. The van der Waals surface area contributed by atoms with Crippen molar-refractivity contribution in [3.05, 3.63) is 29.7 Å². The van der Waals surface area contributed by atoms with E-state index in [1.54, 1.807) is 12.3 Å². The first-order chi connectivity index (χ1) is 7.63. The second-order valence-corrected chi connectivity index (χ2v) is 4.35. The molecule has 0 fully saturated rings. The number of rotatable bonds is 2. The Kier molecular flexibility index (Phi) is 2.61. The molecule has 0 saturated carbocycles. The lowest BCUT2D eigenvalue weighted by atomic mass is 9.97. The molecule has 2 aromatic rings. The van der Waals surface area contributed by atoms with Gasteiger partial charge < -0.3 is 0 Å². The van der Waals surface area contributed by atoms with Crippen LogP contribution in [0.15, 0.2) is 18.3 Å². The van der Waals surface area contributed by atoms with Gasteiger partial charge in [0, 0.05) is 12.1 Å². The summed E-state index contributed by atoms with van der Waals surface area (Å²) in [5.41, 5.74) is 1.42. The molecule has 4 nitrogen and oxygen atoms in total. The molecular formula is C12H14N4. The van der Waals surface area contributed by atoms with E-state index in [9.17, 15) is 0 Å². The number of nitriles is 1. The van der Waals surface area contributed by atoms with Gasteiger partial charge in [0.05, 0.1) is 5.56 Å². The summed E-state index contributed by atoms with van der Waals surface area (Å²) in [4.78, 5) is 0. The van der Waals surface area contributed by atoms with Gasteiger partial charge in [0.1, 0.15) is 11.9 Å². The van der Waals surface area contributed by atoms with E-state index < -0.39 is 0 Å². The summed E-state index contributed by atoms with van der Waals surface area (Å²) in [6.45, 7) is 6.43. The van der Waals surface area contributed by atoms with E-state index in [2.05, 4.69) is 37.0 Å². The van der Waals surface area contributed by atoms with Crippen LogP contribution in [0, 0.1) is 17.2 Å². The van der Waals surface area contributed by atoms with Crippen molar-refractivity contribution in [1.29, 1.82) is 5.26 Å². The highest BCUT2D eigenvalue weighted by molar-refractivity contribution is 5.43. The van der Waals surface area contributed by atoms with Crippen molar-refractivity contribution in [2.75, 3.05) is 0 Å². The van der Waals surface area contributed by atoms with Crippen LogP contribution in [0.3, 0.4) is 0 Å². The minimum atomic E-state index is 0.323. The van der Waals surface area contributed by atoms with Crippen LogP contribution < -0.4 is 0 Å². The third kappa shape index (κ3) is 1.65. The fourth-order valence-corrected chi connectivity index (χ4v) is 1.58. The van der Waals surface area contributed by atoms with Gasteiger partial charge in [0.25, 0.3) is 0 Å². The predicted octanol–water partition coefficient (Wildman–Crippen LogP) is 2.36. The predicted molar refractivity (Wildman–Crippen MR) is 61.0 cm³/mol. The highest BCUT2D eigenvalue weighted by Crippen LogP contribution is 2.22. The monoisotopic (exact) mass is 214 g/mol. The van der Waals surface area contributed by atoms with Crippen LogP contribution in [-0.4, -0.2) is 14.6 Å². The molecule has 0 aliphatic rings. The van der Waals surface area contributed by atoms with Crippen LogP contribution in [0.4, 0.5) is 0 Å². The van der Waals surface area contributed by atoms with Gasteiger partial charge in [-0.2, -0.15) is 5.26 Å². The molecule has 0 bridgehead atoms. The molecule has 0 saturated heterocycles. The summed E-state index contributed by atoms with van der Waals surface area (Å²) in [6, 6.07) is 5.71. The molecule has 0 radical (unpaired) electrons. The van der Waals surface area contributed by atoms with E-state index in [1.165, 1.54) is 0 Å². The zero-order valence-corrected chi connectivity index (χ0v) is 9.68.